The topological polar surface area (TPSA) is 44.5 Å². The van der Waals surface area contributed by atoms with Gasteiger partial charge in [0.15, 0.2) is 28.7 Å². The number of rotatable bonds is 2. The quantitative estimate of drug-likeness (QED) is 0.841. The van der Waals surface area contributed by atoms with E-state index in [0.29, 0.717) is 6.42 Å². The number of hydrogen-bond donors (Lipinski definition) is 1. The highest BCUT2D eigenvalue weighted by molar-refractivity contribution is 5.42. The maximum atomic E-state index is 13.0. The van der Waals surface area contributed by atoms with Gasteiger partial charge < -0.3 is 15.2 Å². The van der Waals surface area contributed by atoms with Crippen molar-refractivity contribution in [2.75, 3.05) is 13.2 Å². The molecular formula is C11H13F2NO2. The van der Waals surface area contributed by atoms with E-state index in [-0.39, 0.29) is 24.7 Å². The van der Waals surface area contributed by atoms with E-state index < -0.39 is 17.2 Å². The molecule has 0 radical (unpaired) electrons. The Morgan fingerprint density at radius 1 is 1.31 bits per heavy atom. The van der Waals surface area contributed by atoms with Crippen LogP contribution in [-0.2, 0) is 0 Å². The van der Waals surface area contributed by atoms with Crippen molar-refractivity contribution < 1.29 is 18.3 Å². The Hall–Kier alpha value is -1.36. The van der Waals surface area contributed by atoms with Gasteiger partial charge >= 0.3 is 0 Å². The minimum atomic E-state index is -0.953. The van der Waals surface area contributed by atoms with Gasteiger partial charge in [-0.1, -0.05) is 6.92 Å². The molecule has 0 aliphatic carbocycles. The summed E-state index contributed by atoms with van der Waals surface area (Å²) in [7, 11) is 0. The van der Waals surface area contributed by atoms with Gasteiger partial charge in [0, 0.05) is 18.7 Å². The first-order chi connectivity index (χ1) is 7.60. The first-order valence-electron chi connectivity index (χ1n) is 5.11. The molecule has 3 nitrogen and oxygen atoms in total. The average molecular weight is 229 g/mol. The lowest BCUT2D eigenvalue weighted by Crippen LogP contribution is -2.50. The summed E-state index contributed by atoms with van der Waals surface area (Å²) in [6, 6.07) is 1.98. The molecule has 1 atom stereocenters. The lowest BCUT2D eigenvalue weighted by molar-refractivity contribution is -0.00511. The van der Waals surface area contributed by atoms with Crippen molar-refractivity contribution >= 4 is 0 Å². The van der Waals surface area contributed by atoms with Crippen molar-refractivity contribution in [3.8, 4) is 11.5 Å². The van der Waals surface area contributed by atoms with Crippen molar-refractivity contribution in [2.45, 2.75) is 18.9 Å². The summed E-state index contributed by atoms with van der Waals surface area (Å²) < 4.78 is 36.9. The Kier molecular flexibility index (Phi) is 2.71. The third-order valence-electron chi connectivity index (χ3n) is 2.82. The van der Waals surface area contributed by atoms with Crippen molar-refractivity contribution in [1.29, 1.82) is 0 Å². The summed E-state index contributed by atoms with van der Waals surface area (Å²) in [5.41, 5.74) is 4.96. The summed E-state index contributed by atoms with van der Waals surface area (Å²) in [5, 5.41) is 0. The molecule has 1 aromatic carbocycles. The molecule has 2 rings (SSSR count). The molecule has 0 saturated carbocycles. The lowest BCUT2D eigenvalue weighted by atomic mass is 10.0. The highest BCUT2D eigenvalue weighted by Crippen LogP contribution is 2.37. The number of ether oxygens (including phenoxy) is 2. The van der Waals surface area contributed by atoms with Gasteiger partial charge in [-0.3, -0.25) is 0 Å². The fourth-order valence-electron chi connectivity index (χ4n) is 1.59. The Balaban J connectivity index is 2.36. The summed E-state index contributed by atoms with van der Waals surface area (Å²) in [6.45, 7) is 2.42. The SMILES string of the molecule is CCC1(CN)COc2cc(F)c(F)cc2O1. The third-order valence-corrected chi connectivity index (χ3v) is 2.82. The van der Waals surface area contributed by atoms with Gasteiger partial charge in [-0.25, -0.2) is 8.78 Å². The molecule has 1 unspecified atom stereocenters. The molecule has 1 aliphatic rings. The van der Waals surface area contributed by atoms with Crippen LogP contribution in [0.4, 0.5) is 8.78 Å². The van der Waals surface area contributed by atoms with Crippen LogP contribution in [0.15, 0.2) is 12.1 Å². The van der Waals surface area contributed by atoms with E-state index >= 15 is 0 Å². The molecule has 0 bridgehead atoms. The monoisotopic (exact) mass is 229 g/mol. The van der Waals surface area contributed by atoms with E-state index in [4.69, 9.17) is 15.2 Å². The van der Waals surface area contributed by atoms with Crippen molar-refractivity contribution in [3.63, 3.8) is 0 Å². The molecule has 16 heavy (non-hydrogen) atoms. The molecule has 1 aromatic rings. The van der Waals surface area contributed by atoms with Gasteiger partial charge in [0.05, 0.1) is 0 Å². The van der Waals surface area contributed by atoms with Crippen LogP contribution >= 0.6 is 0 Å². The Morgan fingerprint density at radius 2 is 1.94 bits per heavy atom. The zero-order valence-corrected chi connectivity index (χ0v) is 8.93. The molecule has 0 fully saturated rings. The van der Waals surface area contributed by atoms with Gasteiger partial charge in [-0.05, 0) is 6.42 Å². The van der Waals surface area contributed by atoms with E-state index in [1.54, 1.807) is 0 Å². The first-order valence-corrected chi connectivity index (χ1v) is 5.11. The Morgan fingerprint density at radius 3 is 2.50 bits per heavy atom. The number of nitrogens with two attached hydrogens (primary N) is 1. The van der Waals surface area contributed by atoms with E-state index in [2.05, 4.69) is 0 Å². The summed E-state index contributed by atoms with van der Waals surface area (Å²) in [4.78, 5) is 0. The number of hydrogen-bond acceptors (Lipinski definition) is 3. The summed E-state index contributed by atoms with van der Waals surface area (Å²) in [6.07, 6.45) is 0.641. The van der Waals surface area contributed by atoms with E-state index in [9.17, 15) is 8.78 Å². The first kappa shape index (κ1) is 11.1. The highest BCUT2D eigenvalue weighted by atomic mass is 19.2. The Bertz CT molecular complexity index is 405. The van der Waals surface area contributed by atoms with Gasteiger partial charge in [0.25, 0.3) is 0 Å². The standard InChI is InChI=1S/C11H13F2NO2/c1-2-11(5-14)6-15-9-3-7(12)8(13)4-10(9)16-11/h3-4H,2,5-6,14H2,1H3. The number of fused-ring (bicyclic) bond motifs is 1. The fourth-order valence-corrected chi connectivity index (χ4v) is 1.59. The van der Waals surface area contributed by atoms with Crippen LogP contribution in [0.5, 0.6) is 11.5 Å². The maximum absolute atomic E-state index is 13.0. The molecule has 1 aliphatic heterocycles. The van der Waals surface area contributed by atoms with E-state index in [1.165, 1.54) is 0 Å². The largest absolute Gasteiger partial charge is 0.485 e. The van der Waals surface area contributed by atoms with Crippen LogP contribution in [0.1, 0.15) is 13.3 Å². The molecular weight excluding hydrogens is 216 g/mol. The zero-order valence-electron chi connectivity index (χ0n) is 8.93. The minimum Gasteiger partial charge on any atom is -0.485 e. The predicted octanol–water partition coefficient (Wildman–Crippen LogP) is 1.84. The van der Waals surface area contributed by atoms with Crippen LogP contribution in [0, 0.1) is 11.6 Å². The highest BCUT2D eigenvalue weighted by Gasteiger charge is 2.35. The third kappa shape index (κ3) is 1.71. The van der Waals surface area contributed by atoms with Gasteiger partial charge in [0.2, 0.25) is 0 Å². The molecule has 0 spiro atoms. The number of benzene rings is 1. The van der Waals surface area contributed by atoms with Crippen LogP contribution in [0.25, 0.3) is 0 Å². The molecule has 0 amide bonds. The Labute approximate surface area is 92.1 Å². The van der Waals surface area contributed by atoms with Gasteiger partial charge in [-0.2, -0.15) is 0 Å². The van der Waals surface area contributed by atoms with Crippen molar-refractivity contribution in [1.82, 2.24) is 0 Å². The van der Waals surface area contributed by atoms with E-state index in [0.717, 1.165) is 12.1 Å². The molecule has 0 aromatic heterocycles. The second-order valence-corrected chi connectivity index (χ2v) is 3.84. The van der Waals surface area contributed by atoms with E-state index in [1.807, 2.05) is 6.92 Å². The second kappa shape index (κ2) is 3.90. The molecule has 5 heteroatoms. The summed E-state index contributed by atoms with van der Waals surface area (Å²) in [5.74, 6) is -1.47. The lowest BCUT2D eigenvalue weighted by Gasteiger charge is -2.36. The predicted molar refractivity (Wildman–Crippen MR) is 54.6 cm³/mol. The van der Waals surface area contributed by atoms with Crippen molar-refractivity contribution in [3.05, 3.63) is 23.8 Å². The molecule has 88 valence electrons. The fraction of sp³-hybridized carbons (Fsp3) is 0.455. The van der Waals surface area contributed by atoms with Crippen LogP contribution in [-0.4, -0.2) is 18.8 Å². The molecule has 0 saturated heterocycles. The maximum Gasteiger partial charge on any atom is 0.165 e. The summed E-state index contributed by atoms with van der Waals surface area (Å²) >= 11 is 0. The van der Waals surface area contributed by atoms with Gasteiger partial charge in [-0.15, -0.1) is 0 Å². The number of halogens is 2. The second-order valence-electron chi connectivity index (χ2n) is 3.84. The smallest absolute Gasteiger partial charge is 0.165 e. The average Bonchev–Trinajstić information content (AvgIpc) is 2.30. The minimum absolute atomic E-state index is 0.206. The molecule has 1 heterocycles. The van der Waals surface area contributed by atoms with Crippen LogP contribution < -0.4 is 15.2 Å². The molecule has 2 N–H and O–H groups in total. The van der Waals surface area contributed by atoms with Gasteiger partial charge in [0.1, 0.15) is 6.61 Å². The van der Waals surface area contributed by atoms with Crippen molar-refractivity contribution in [2.24, 2.45) is 5.73 Å². The normalized spacial score (nSPS) is 23.2. The van der Waals surface area contributed by atoms with Crippen LogP contribution in [0.3, 0.4) is 0 Å². The zero-order chi connectivity index (χ0) is 11.8. The van der Waals surface area contributed by atoms with Crippen LogP contribution in [0.2, 0.25) is 0 Å².